The molecule has 21 heavy (non-hydrogen) atoms. The van der Waals surface area contributed by atoms with Crippen LogP contribution in [0.3, 0.4) is 0 Å². The Balaban J connectivity index is 2.20. The van der Waals surface area contributed by atoms with Gasteiger partial charge in [-0.3, -0.25) is 0 Å². The molecule has 2 aromatic carbocycles. The maximum absolute atomic E-state index is 13.5. The summed E-state index contributed by atoms with van der Waals surface area (Å²) >= 11 is 6.28. The lowest BCUT2D eigenvalue weighted by atomic mass is 10.1. The fourth-order valence-electron chi connectivity index (χ4n) is 2.35. The van der Waals surface area contributed by atoms with Crippen LogP contribution in [0.25, 0.3) is 22.3 Å². The second-order valence-corrected chi connectivity index (χ2v) is 5.42. The van der Waals surface area contributed by atoms with Crippen LogP contribution in [0.1, 0.15) is 18.1 Å². The van der Waals surface area contributed by atoms with Crippen LogP contribution in [-0.2, 0) is 6.42 Å². The summed E-state index contributed by atoms with van der Waals surface area (Å²) in [4.78, 5) is 8.82. The Kier molecular flexibility index (Phi) is 3.60. The van der Waals surface area contributed by atoms with E-state index in [1.165, 1.54) is 17.7 Å². The zero-order chi connectivity index (χ0) is 15.0. The number of aryl methyl sites for hydroxylation is 2. The van der Waals surface area contributed by atoms with Gasteiger partial charge in [0.1, 0.15) is 11.0 Å². The molecule has 1 heterocycles. The van der Waals surface area contributed by atoms with Crippen LogP contribution in [0.5, 0.6) is 0 Å². The average molecular weight is 301 g/mol. The third-order valence-electron chi connectivity index (χ3n) is 3.42. The number of halogens is 2. The van der Waals surface area contributed by atoms with E-state index in [2.05, 4.69) is 16.9 Å². The van der Waals surface area contributed by atoms with Crippen molar-refractivity contribution in [2.24, 2.45) is 0 Å². The highest BCUT2D eigenvalue weighted by molar-refractivity contribution is 6.34. The molecule has 0 unspecified atom stereocenters. The van der Waals surface area contributed by atoms with Gasteiger partial charge < -0.3 is 0 Å². The lowest BCUT2D eigenvalue weighted by molar-refractivity contribution is 0.627. The van der Waals surface area contributed by atoms with Crippen molar-refractivity contribution < 1.29 is 4.39 Å². The first-order valence-electron chi connectivity index (χ1n) is 6.80. The molecule has 0 N–H and O–H groups in total. The molecule has 0 saturated carbocycles. The van der Waals surface area contributed by atoms with E-state index in [4.69, 9.17) is 11.6 Å². The van der Waals surface area contributed by atoms with E-state index in [1.807, 2.05) is 31.2 Å². The van der Waals surface area contributed by atoms with Gasteiger partial charge in [0.05, 0.1) is 5.52 Å². The van der Waals surface area contributed by atoms with Gasteiger partial charge in [0.15, 0.2) is 5.82 Å². The van der Waals surface area contributed by atoms with Gasteiger partial charge in [-0.25, -0.2) is 14.4 Å². The van der Waals surface area contributed by atoms with Crippen LogP contribution in [0.4, 0.5) is 4.39 Å². The average Bonchev–Trinajstić information content (AvgIpc) is 2.46. The second kappa shape index (κ2) is 5.41. The Morgan fingerprint density at radius 1 is 1.10 bits per heavy atom. The second-order valence-electron chi connectivity index (χ2n) is 5.06. The maximum atomic E-state index is 13.5. The molecule has 2 nitrogen and oxygen atoms in total. The SMILES string of the molecule is CCc1ccc2nc(-c3cc(C)cc(F)c3)nc(Cl)c2c1. The van der Waals surface area contributed by atoms with Crippen molar-refractivity contribution in [3.63, 3.8) is 0 Å². The summed E-state index contributed by atoms with van der Waals surface area (Å²) in [6, 6.07) is 10.7. The summed E-state index contributed by atoms with van der Waals surface area (Å²) in [7, 11) is 0. The minimum Gasteiger partial charge on any atom is -0.228 e. The molecule has 3 aromatic rings. The normalized spacial score (nSPS) is 11.0. The Morgan fingerprint density at radius 2 is 1.90 bits per heavy atom. The van der Waals surface area contributed by atoms with Crippen LogP contribution in [-0.4, -0.2) is 9.97 Å². The fourth-order valence-corrected chi connectivity index (χ4v) is 2.58. The number of nitrogens with zero attached hydrogens (tertiary/aromatic N) is 2. The summed E-state index contributed by atoms with van der Waals surface area (Å²) in [6.07, 6.45) is 0.928. The molecule has 0 amide bonds. The molecule has 0 aliphatic heterocycles. The summed E-state index contributed by atoms with van der Waals surface area (Å²) < 4.78 is 13.5. The third kappa shape index (κ3) is 2.74. The van der Waals surface area contributed by atoms with E-state index >= 15 is 0 Å². The van der Waals surface area contributed by atoms with Crippen molar-refractivity contribution in [2.45, 2.75) is 20.3 Å². The lowest BCUT2D eigenvalue weighted by Gasteiger charge is -2.07. The molecule has 1 aromatic heterocycles. The molecule has 0 saturated heterocycles. The molecule has 0 radical (unpaired) electrons. The Bertz CT molecular complexity index is 810. The van der Waals surface area contributed by atoms with Gasteiger partial charge in [0.25, 0.3) is 0 Å². The molecule has 0 aliphatic rings. The molecular weight excluding hydrogens is 287 g/mol. The minimum atomic E-state index is -0.300. The summed E-state index contributed by atoms with van der Waals surface area (Å²) in [5.74, 6) is 0.144. The Labute approximate surface area is 127 Å². The van der Waals surface area contributed by atoms with Crippen molar-refractivity contribution >= 4 is 22.5 Å². The van der Waals surface area contributed by atoms with Crippen molar-refractivity contribution in [1.82, 2.24) is 9.97 Å². The summed E-state index contributed by atoms with van der Waals surface area (Å²) in [6.45, 7) is 3.92. The quantitative estimate of drug-likeness (QED) is 0.625. The Morgan fingerprint density at radius 3 is 2.62 bits per heavy atom. The molecule has 0 atom stereocenters. The van der Waals surface area contributed by atoms with Crippen molar-refractivity contribution in [3.8, 4) is 11.4 Å². The molecule has 0 fully saturated rings. The molecule has 0 spiro atoms. The third-order valence-corrected chi connectivity index (χ3v) is 3.71. The maximum Gasteiger partial charge on any atom is 0.161 e. The van der Waals surface area contributed by atoms with Gasteiger partial charge in [0.2, 0.25) is 0 Å². The van der Waals surface area contributed by atoms with Crippen molar-refractivity contribution in [2.75, 3.05) is 0 Å². The first-order valence-corrected chi connectivity index (χ1v) is 7.18. The van der Waals surface area contributed by atoms with E-state index in [1.54, 1.807) is 0 Å². The zero-order valence-corrected chi connectivity index (χ0v) is 12.6. The van der Waals surface area contributed by atoms with Gasteiger partial charge >= 0.3 is 0 Å². The number of rotatable bonds is 2. The summed E-state index contributed by atoms with van der Waals surface area (Å²) in [5.41, 5.74) is 3.41. The van der Waals surface area contributed by atoms with Crippen LogP contribution >= 0.6 is 11.6 Å². The van der Waals surface area contributed by atoms with E-state index in [-0.39, 0.29) is 5.82 Å². The van der Waals surface area contributed by atoms with E-state index in [0.29, 0.717) is 16.5 Å². The number of hydrogen-bond acceptors (Lipinski definition) is 2. The molecule has 106 valence electrons. The highest BCUT2D eigenvalue weighted by Gasteiger charge is 2.10. The standard InChI is InChI=1S/C17H14ClFN2/c1-3-11-4-5-15-14(8-11)16(18)21-17(20-15)12-6-10(2)7-13(19)9-12/h4-9H,3H2,1-2H3. The first kappa shape index (κ1) is 14.0. The number of benzene rings is 2. The molecular formula is C17H14ClFN2. The van der Waals surface area contributed by atoms with Crippen LogP contribution < -0.4 is 0 Å². The lowest BCUT2D eigenvalue weighted by Crippen LogP contribution is -1.94. The van der Waals surface area contributed by atoms with Gasteiger partial charge in [-0.2, -0.15) is 0 Å². The predicted molar refractivity (Wildman–Crippen MR) is 84.1 cm³/mol. The van der Waals surface area contributed by atoms with Crippen LogP contribution in [0.15, 0.2) is 36.4 Å². The molecule has 0 aliphatic carbocycles. The van der Waals surface area contributed by atoms with Crippen molar-refractivity contribution in [3.05, 3.63) is 58.5 Å². The number of hydrogen-bond donors (Lipinski definition) is 0. The number of fused-ring (bicyclic) bond motifs is 1. The van der Waals surface area contributed by atoms with Gasteiger partial charge in [-0.05, 0) is 54.8 Å². The minimum absolute atomic E-state index is 0.300. The van der Waals surface area contributed by atoms with Gasteiger partial charge in [0, 0.05) is 10.9 Å². The van der Waals surface area contributed by atoms with E-state index in [0.717, 1.165) is 22.9 Å². The van der Waals surface area contributed by atoms with Crippen LogP contribution in [0.2, 0.25) is 5.15 Å². The molecule has 4 heteroatoms. The van der Waals surface area contributed by atoms with Gasteiger partial charge in [-0.15, -0.1) is 0 Å². The van der Waals surface area contributed by atoms with Crippen molar-refractivity contribution in [1.29, 1.82) is 0 Å². The first-order chi connectivity index (χ1) is 10.1. The topological polar surface area (TPSA) is 25.8 Å². The number of aromatic nitrogens is 2. The highest BCUT2D eigenvalue weighted by atomic mass is 35.5. The highest BCUT2D eigenvalue weighted by Crippen LogP contribution is 2.26. The molecule has 0 bridgehead atoms. The zero-order valence-electron chi connectivity index (χ0n) is 11.8. The fraction of sp³-hybridized carbons (Fsp3) is 0.176. The van der Waals surface area contributed by atoms with E-state index < -0.39 is 0 Å². The molecule has 3 rings (SSSR count). The smallest absolute Gasteiger partial charge is 0.161 e. The van der Waals surface area contributed by atoms with Gasteiger partial charge in [-0.1, -0.05) is 24.6 Å². The predicted octanol–water partition coefficient (Wildman–Crippen LogP) is 4.96. The van der Waals surface area contributed by atoms with Crippen LogP contribution in [0, 0.1) is 12.7 Å². The Hall–Kier alpha value is -2.00. The largest absolute Gasteiger partial charge is 0.228 e. The monoisotopic (exact) mass is 300 g/mol. The van der Waals surface area contributed by atoms with E-state index in [9.17, 15) is 4.39 Å². The summed E-state index contributed by atoms with van der Waals surface area (Å²) in [5, 5.41) is 1.22.